The third-order valence-electron chi connectivity index (χ3n) is 3.99. The van der Waals surface area contributed by atoms with Gasteiger partial charge in [-0.05, 0) is 63.1 Å². The van der Waals surface area contributed by atoms with Gasteiger partial charge in [0, 0.05) is 5.69 Å². The summed E-state index contributed by atoms with van der Waals surface area (Å²) >= 11 is 0. The Kier molecular flexibility index (Phi) is 7.77. The molecular formula is C22H26N2O5. The zero-order valence-corrected chi connectivity index (χ0v) is 17.1. The monoisotopic (exact) mass is 398 g/mol. The summed E-state index contributed by atoms with van der Waals surface area (Å²) in [5.74, 6) is -0.905. The van der Waals surface area contributed by atoms with Crippen LogP contribution in [0.2, 0.25) is 0 Å². The van der Waals surface area contributed by atoms with Gasteiger partial charge in [0.25, 0.3) is 5.91 Å². The number of anilines is 1. The molecular weight excluding hydrogens is 372 g/mol. The van der Waals surface area contributed by atoms with Gasteiger partial charge in [0.05, 0.1) is 18.2 Å². The number of carbonyl (C=O) groups is 3. The topological polar surface area (TPSA) is 93.7 Å². The summed E-state index contributed by atoms with van der Waals surface area (Å²) in [5.41, 5.74) is 2.90. The van der Waals surface area contributed by atoms with Crippen LogP contribution >= 0.6 is 0 Å². The van der Waals surface area contributed by atoms with Crippen LogP contribution in [0.1, 0.15) is 35.3 Å². The van der Waals surface area contributed by atoms with Crippen molar-refractivity contribution in [2.24, 2.45) is 0 Å². The van der Waals surface area contributed by atoms with Crippen LogP contribution in [0.5, 0.6) is 5.75 Å². The molecule has 0 atom stereocenters. The standard InChI is InChI=1S/C22H26N2O5/c1-14(2)29-18-10-8-17(9-11-18)22(27)28-13-20(26)23-12-19(25)24-21-15(3)6-5-7-16(21)4/h5-11,14H,12-13H2,1-4H3,(H,23,26)(H,24,25). The molecule has 2 N–H and O–H groups in total. The summed E-state index contributed by atoms with van der Waals surface area (Å²) in [6.45, 7) is 6.90. The molecule has 0 aliphatic rings. The van der Waals surface area contributed by atoms with E-state index >= 15 is 0 Å². The molecule has 29 heavy (non-hydrogen) atoms. The molecule has 2 rings (SSSR count). The highest BCUT2D eigenvalue weighted by Gasteiger charge is 2.12. The van der Waals surface area contributed by atoms with E-state index in [4.69, 9.17) is 9.47 Å². The summed E-state index contributed by atoms with van der Waals surface area (Å²) in [6.07, 6.45) is 0.0309. The minimum absolute atomic E-state index is 0.0309. The van der Waals surface area contributed by atoms with Crippen LogP contribution in [-0.4, -0.2) is 37.0 Å². The van der Waals surface area contributed by atoms with Crippen molar-refractivity contribution in [3.8, 4) is 5.75 Å². The van der Waals surface area contributed by atoms with Gasteiger partial charge in [-0.1, -0.05) is 18.2 Å². The zero-order chi connectivity index (χ0) is 21.4. The van der Waals surface area contributed by atoms with E-state index in [1.165, 1.54) is 0 Å². The van der Waals surface area contributed by atoms with Crippen molar-refractivity contribution >= 4 is 23.5 Å². The van der Waals surface area contributed by atoms with Gasteiger partial charge in [-0.25, -0.2) is 4.79 Å². The van der Waals surface area contributed by atoms with Gasteiger partial charge in [0.2, 0.25) is 5.91 Å². The molecule has 0 saturated heterocycles. The Hall–Kier alpha value is -3.35. The summed E-state index contributed by atoms with van der Waals surface area (Å²) in [4.78, 5) is 35.9. The van der Waals surface area contributed by atoms with Crippen LogP contribution < -0.4 is 15.4 Å². The Morgan fingerprint density at radius 1 is 0.931 bits per heavy atom. The molecule has 0 heterocycles. The van der Waals surface area contributed by atoms with Gasteiger partial charge < -0.3 is 20.1 Å². The molecule has 0 saturated carbocycles. The highest BCUT2D eigenvalue weighted by molar-refractivity contribution is 5.96. The number of nitrogens with one attached hydrogen (secondary N) is 2. The number of para-hydroxylation sites is 1. The predicted octanol–water partition coefficient (Wildman–Crippen LogP) is 3.00. The van der Waals surface area contributed by atoms with E-state index in [0.717, 1.165) is 16.8 Å². The van der Waals surface area contributed by atoms with Crippen LogP contribution in [0.4, 0.5) is 5.69 Å². The Bertz CT molecular complexity index is 855. The van der Waals surface area contributed by atoms with Gasteiger partial charge in [-0.3, -0.25) is 9.59 Å². The smallest absolute Gasteiger partial charge is 0.338 e. The Morgan fingerprint density at radius 3 is 2.14 bits per heavy atom. The molecule has 2 aromatic rings. The van der Waals surface area contributed by atoms with Crippen molar-refractivity contribution < 1.29 is 23.9 Å². The van der Waals surface area contributed by atoms with Crippen molar-refractivity contribution in [3.05, 3.63) is 59.2 Å². The normalized spacial score (nSPS) is 10.4. The van der Waals surface area contributed by atoms with Crippen LogP contribution in [-0.2, 0) is 14.3 Å². The van der Waals surface area contributed by atoms with Crippen molar-refractivity contribution in [3.63, 3.8) is 0 Å². The fraction of sp³-hybridized carbons (Fsp3) is 0.318. The van der Waals surface area contributed by atoms with Gasteiger partial charge in [-0.15, -0.1) is 0 Å². The lowest BCUT2D eigenvalue weighted by atomic mass is 10.1. The largest absolute Gasteiger partial charge is 0.491 e. The Balaban J connectivity index is 1.76. The molecule has 7 nitrogen and oxygen atoms in total. The van der Waals surface area contributed by atoms with E-state index in [0.29, 0.717) is 11.3 Å². The van der Waals surface area contributed by atoms with Crippen LogP contribution in [0.3, 0.4) is 0 Å². The van der Waals surface area contributed by atoms with Gasteiger partial charge in [-0.2, -0.15) is 0 Å². The number of rotatable bonds is 8. The van der Waals surface area contributed by atoms with Crippen LogP contribution in [0.25, 0.3) is 0 Å². The number of esters is 1. The third kappa shape index (κ3) is 6.95. The molecule has 7 heteroatoms. The molecule has 2 amide bonds. The van der Waals surface area contributed by atoms with E-state index in [1.807, 2.05) is 45.9 Å². The van der Waals surface area contributed by atoms with Crippen molar-refractivity contribution in [1.29, 1.82) is 0 Å². The molecule has 0 aliphatic carbocycles. The first-order chi connectivity index (χ1) is 13.8. The van der Waals surface area contributed by atoms with E-state index in [-0.39, 0.29) is 18.6 Å². The number of aryl methyl sites for hydroxylation is 2. The summed E-state index contributed by atoms with van der Waals surface area (Å²) in [5, 5.41) is 5.20. The summed E-state index contributed by atoms with van der Waals surface area (Å²) in [7, 11) is 0. The second-order valence-corrected chi connectivity index (χ2v) is 6.86. The number of hydrogen-bond donors (Lipinski definition) is 2. The van der Waals surface area contributed by atoms with Gasteiger partial charge in [0.15, 0.2) is 6.61 Å². The quantitative estimate of drug-likeness (QED) is 0.667. The fourth-order valence-electron chi connectivity index (χ4n) is 2.58. The first kappa shape index (κ1) is 21.9. The first-order valence-electron chi connectivity index (χ1n) is 9.33. The van der Waals surface area contributed by atoms with Crippen LogP contribution in [0, 0.1) is 13.8 Å². The van der Waals surface area contributed by atoms with Crippen molar-refractivity contribution in [2.75, 3.05) is 18.5 Å². The van der Waals surface area contributed by atoms with E-state index in [1.54, 1.807) is 24.3 Å². The highest BCUT2D eigenvalue weighted by Crippen LogP contribution is 2.19. The first-order valence-corrected chi connectivity index (χ1v) is 9.33. The van der Waals surface area contributed by atoms with E-state index in [9.17, 15) is 14.4 Å². The number of amides is 2. The average molecular weight is 398 g/mol. The molecule has 0 aliphatic heterocycles. The van der Waals surface area contributed by atoms with Gasteiger partial charge in [0.1, 0.15) is 5.75 Å². The lowest BCUT2D eigenvalue weighted by Crippen LogP contribution is -2.35. The molecule has 0 spiro atoms. The lowest BCUT2D eigenvalue weighted by molar-refractivity contribution is -0.126. The summed E-state index contributed by atoms with van der Waals surface area (Å²) < 4.78 is 10.5. The Morgan fingerprint density at radius 2 is 1.55 bits per heavy atom. The fourth-order valence-corrected chi connectivity index (χ4v) is 2.58. The van der Waals surface area contributed by atoms with E-state index < -0.39 is 18.5 Å². The van der Waals surface area contributed by atoms with Crippen LogP contribution in [0.15, 0.2) is 42.5 Å². The lowest BCUT2D eigenvalue weighted by Gasteiger charge is -2.12. The maximum atomic E-state index is 12.0. The molecule has 0 bridgehead atoms. The molecule has 0 radical (unpaired) electrons. The summed E-state index contributed by atoms with van der Waals surface area (Å²) in [6, 6.07) is 12.1. The maximum Gasteiger partial charge on any atom is 0.338 e. The molecule has 0 unspecified atom stereocenters. The Labute approximate surface area is 170 Å². The highest BCUT2D eigenvalue weighted by atomic mass is 16.5. The second-order valence-electron chi connectivity index (χ2n) is 6.86. The minimum Gasteiger partial charge on any atom is -0.491 e. The minimum atomic E-state index is -0.628. The molecule has 0 aromatic heterocycles. The van der Waals surface area contributed by atoms with Crippen molar-refractivity contribution in [2.45, 2.75) is 33.8 Å². The predicted molar refractivity (Wildman–Crippen MR) is 110 cm³/mol. The molecule has 154 valence electrons. The number of carbonyl (C=O) groups excluding carboxylic acids is 3. The number of benzene rings is 2. The number of hydrogen-bond acceptors (Lipinski definition) is 5. The van der Waals surface area contributed by atoms with Crippen molar-refractivity contribution in [1.82, 2.24) is 5.32 Å². The number of ether oxygens (including phenoxy) is 2. The second kappa shape index (κ2) is 10.3. The average Bonchev–Trinajstić information content (AvgIpc) is 2.67. The zero-order valence-electron chi connectivity index (χ0n) is 17.1. The van der Waals surface area contributed by atoms with Gasteiger partial charge >= 0.3 is 5.97 Å². The SMILES string of the molecule is Cc1cccc(C)c1NC(=O)CNC(=O)COC(=O)c1ccc(OC(C)C)cc1. The third-order valence-corrected chi connectivity index (χ3v) is 3.99. The molecule has 2 aromatic carbocycles. The maximum absolute atomic E-state index is 12.0. The van der Waals surface area contributed by atoms with E-state index in [2.05, 4.69) is 10.6 Å². The molecule has 0 fully saturated rings.